The van der Waals surface area contributed by atoms with Crippen molar-refractivity contribution >= 4 is 18.4 Å². The zero-order chi connectivity index (χ0) is 14.5. The standard InChI is InChI=1S/C12H14F3NO3.ClH/c1-2-18-11(17)7-9(16)8-5-3-4-6-10(8)19-12(13,14)15;/h3-6,9H,2,7,16H2,1H3;1H/t9-;/m1./s1. The van der Waals surface area contributed by atoms with Crippen LogP contribution in [0.25, 0.3) is 0 Å². The zero-order valence-corrected chi connectivity index (χ0v) is 11.5. The predicted molar refractivity (Wildman–Crippen MR) is 68.6 cm³/mol. The zero-order valence-electron chi connectivity index (χ0n) is 10.6. The fourth-order valence-electron chi connectivity index (χ4n) is 1.51. The maximum atomic E-state index is 12.2. The van der Waals surface area contributed by atoms with E-state index in [9.17, 15) is 18.0 Å². The molecule has 0 bridgehead atoms. The summed E-state index contributed by atoms with van der Waals surface area (Å²) >= 11 is 0. The lowest BCUT2D eigenvalue weighted by atomic mass is 10.0. The molecule has 8 heteroatoms. The molecule has 0 unspecified atom stereocenters. The molecule has 0 radical (unpaired) electrons. The molecule has 0 saturated heterocycles. The first-order chi connectivity index (χ1) is 8.83. The molecule has 2 N–H and O–H groups in total. The van der Waals surface area contributed by atoms with Crippen LogP contribution in [0.3, 0.4) is 0 Å². The monoisotopic (exact) mass is 313 g/mol. The number of ether oxygens (including phenoxy) is 2. The molecule has 114 valence electrons. The summed E-state index contributed by atoms with van der Waals surface area (Å²) in [6, 6.07) is 4.52. The molecule has 0 aromatic heterocycles. The molecule has 1 aromatic rings. The van der Waals surface area contributed by atoms with Gasteiger partial charge in [0.2, 0.25) is 0 Å². The third kappa shape index (κ3) is 6.12. The van der Waals surface area contributed by atoms with Crippen molar-refractivity contribution in [1.82, 2.24) is 0 Å². The fourth-order valence-corrected chi connectivity index (χ4v) is 1.51. The van der Waals surface area contributed by atoms with E-state index in [2.05, 4.69) is 4.74 Å². The molecule has 0 amide bonds. The Balaban J connectivity index is 0.00000361. The first kappa shape index (κ1) is 18.5. The smallest absolute Gasteiger partial charge is 0.466 e. The highest BCUT2D eigenvalue weighted by Gasteiger charge is 2.32. The molecule has 1 atom stereocenters. The van der Waals surface area contributed by atoms with Crippen molar-refractivity contribution in [3.05, 3.63) is 29.8 Å². The van der Waals surface area contributed by atoms with Crippen LogP contribution < -0.4 is 10.5 Å². The second-order valence-electron chi connectivity index (χ2n) is 3.70. The van der Waals surface area contributed by atoms with Gasteiger partial charge in [-0.3, -0.25) is 4.79 Å². The topological polar surface area (TPSA) is 61.5 Å². The minimum atomic E-state index is -4.81. The van der Waals surface area contributed by atoms with Gasteiger partial charge in [0.05, 0.1) is 13.0 Å². The minimum Gasteiger partial charge on any atom is -0.466 e. The number of benzene rings is 1. The Kier molecular flexibility index (Phi) is 7.38. The van der Waals surface area contributed by atoms with E-state index in [4.69, 9.17) is 10.5 Å². The number of nitrogens with two attached hydrogens (primary N) is 1. The molecule has 0 aliphatic rings. The summed E-state index contributed by atoms with van der Waals surface area (Å²) in [4.78, 5) is 11.3. The van der Waals surface area contributed by atoms with Crippen molar-refractivity contribution < 1.29 is 27.4 Å². The van der Waals surface area contributed by atoms with E-state index in [1.54, 1.807) is 6.92 Å². The summed E-state index contributed by atoms with van der Waals surface area (Å²) in [5.74, 6) is -0.983. The number of halogens is 4. The molecule has 0 aliphatic heterocycles. The second-order valence-corrected chi connectivity index (χ2v) is 3.70. The summed E-state index contributed by atoms with van der Waals surface area (Å²) in [6.45, 7) is 1.82. The van der Waals surface area contributed by atoms with Gasteiger partial charge >= 0.3 is 12.3 Å². The van der Waals surface area contributed by atoms with Crippen LogP contribution in [0.5, 0.6) is 5.75 Å². The number of para-hydroxylation sites is 1. The van der Waals surface area contributed by atoms with Crippen molar-refractivity contribution in [3.63, 3.8) is 0 Å². The number of alkyl halides is 3. The molecular weight excluding hydrogens is 299 g/mol. The van der Waals surface area contributed by atoms with E-state index in [1.807, 2.05) is 0 Å². The van der Waals surface area contributed by atoms with Crippen LogP contribution in [0.4, 0.5) is 13.2 Å². The van der Waals surface area contributed by atoms with Crippen LogP contribution in [0.1, 0.15) is 24.9 Å². The lowest BCUT2D eigenvalue weighted by Gasteiger charge is -2.17. The molecular formula is C12H15ClF3NO3. The lowest BCUT2D eigenvalue weighted by molar-refractivity contribution is -0.274. The van der Waals surface area contributed by atoms with Gasteiger partial charge in [0, 0.05) is 11.6 Å². The minimum absolute atomic E-state index is 0. The van der Waals surface area contributed by atoms with Crippen molar-refractivity contribution in [3.8, 4) is 5.75 Å². The highest BCUT2D eigenvalue weighted by atomic mass is 35.5. The van der Waals surface area contributed by atoms with Crippen LogP contribution in [-0.2, 0) is 9.53 Å². The summed E-state index contributed by atoms with van der Waals surface area (Å²) in [5.41, 5.74) is 5.80. The van der Waals surface area contributed by atoms with Gasteiger partial charge in [0.25, 0.3) is 0 Å². The van der Waals surface area contributed by atoms with Gasteiger partial charge in [-0.05, 0) is 13.0 Å². The van der Waals surface area contributed by atoms with Crippen molar-refractivity contribution in [2.24, 2.45) is 5.73 Å². The van der Waals surface area contributed by atoms with E-state index in [1.165, 1.54) is 18.2 Å². The molecule has 1 aromatic carbocycles. The summed E-state index contributed by atoms with van der Waals surface area (Å²) in [5, 5.41) is 0. The average molecular weight is 314 g/mol. The van der Waals surface area contributed by atoms with Gasteiger partial charge in [-0.25, -0.2) is 0 Å². The Morgan fingerprint density at radius 3 is 2.50 bits per heavy atom. The number of hydrogen-bond acceptors (Lipinski definition) is 4. The number of hydrogen-bond donors (Lipinski definition) is 1. The molecule has 0 aliphatic carbocycles. The maximum Gasteiger partial charge on any atom is 0.573 e. The van der Waals surface area contributed by atoms with Gasteiger partial charge in [-0.15, -0.1) is 25.6 Å². The van der Waals surface area contributed by atoms with Crippen molar-refractivity contribution in [2.75, 3.05) is 6.61 Å². The number of esters is 1. The van der Waals surface area contributed by atoms with Gasteiger partial charge in [0.1, 0.15) is 5.75 Å². The number of rotatable bonds is 5. The van der Waals surface area contributed by atoms with Crippen molar-refractivity contribution in [2.45, 2.75) is 25.7 Å². The predicted octanol–water partition coefficient (Wildman–Crippen LogP) is 2.96. The molecule has 0 heterocycles. The van der Waals surface area contributed by atoms with Gasteiger partial charge in [-0.2, -0.15) is 0 Å². The first-order valence-electron chi connectivity index (χ1n) is 5.59. The highest BCUT2D eigenvalue weighted by molar-refractivity contribution is 5.85. The first-order valence-corrected chi connectivity index (χ1v) is 5.59. The lowest BCUT2D eigenvalue weighted by Crippen LogP contribution is -2.22. The highest BCUT2D eigenvalue weighted by Crippen LogP contribution is 2.30. The quantitative estimate of drug-likeness (QED) is 0.849. The van der Waals surface area contributed by atoms with Gasteiger partial charge < -0.3 is 15.2 Å². The molecule has 4 nitrogen and oxygen atoms in total. The summed E-state index contributed by atoms with van der Waals surface area (Å²) in [7, 11) is 0. The summed E-state index contributed by atoms with van der Waals surface area (Å²) in [6.07, 6.45) is -5.02. The third-order valence-corrected chi connectivity index (χ3v) is 2.24. The normalized spacial score (nSPS) is 12.2. The maximum absolute atomic E-state index is 12.2. The van der Waals surface area contributed by atoms with Crippen LogP contribution >= 0.6 is 12.4 Å². The fraction of sp³-hybridized carbons (Fsp3) is 0.417. The third-order valence-electron chi connectivity index (χ3n) is 2.24. The van der Waals surface area contributed by atoms with Crippen LogP contribution in [0.15, 0.2) is 24.3 Å². The Bertz CT molecular complexity index is 440. The van der Waals surface area contributed by atoms with Gasteiger partial charge in [-0.1, -0.05) is 18.2 Å². The van der Waals surface area contributed by atoms with Crippen LogP contribution in [-0.4, -0.2) is 18.9 Å². The second kappa shape index (κ2) is 7.96. The molecule has 0 saturated carbocycles. The SMILES string of the molecule is CCOC(=O)C[C@@H](N)c1ccccc1OC(F)(F)F.Cl. The van der Waals surface area contributed by atoms with E-state index < -0.39 is 24.1 Å². The molecule has 20 heavy (non-hydrogen) atoms. The Morgan fingerprint density at radius 1 is 1.35 bits per heavy atom. The van der Waals surface area contributed by atoms with E-state index in [0.29, 0.717) is 0 Å². The van der Waals surface area contributed by atoms with Crippen LogP contribution in [0, 0.1) is 0 Å². The van der Waals surface area contributed by atoms with E-state index in [-0.39, 0.29) is 31.0 Å². The molecule has 0 fully saturated rings. The molecule has 0 spiro atoms. The summed E-state index contributed by atoms with van der Waals surface area (Å²) < 4.78 is 45.2. The Morgan fingerprint density at radius 2 is 1.95 bits per heavy atom. The number of carbonyl (C=O) groups excluding carboxylic acids is 1. The van der Waals surface area contributed by atoms with Crippen molar-refractivity contribution in [1.29, 1.82) is 0 Å². The Hall–Kier alpha value is -1.47. The molecule has 1 rings (SSSR count). The van der Waals surface area contributed by atoms with E-state index in [0.717, 1.165) is 6.07 Å². The van der Waals surface area contributed by atoms with E-state index >= 15 is 0 Å². The largest absolute Gasteiger partial charge is 0.573 e. The van der Waals surface area contributed by atoms with Gasteiger partial charge in [0.15, 0.2) is 0 Å². The average Bonchev–Trinajstić information content (AvgIpc) is 2.27. The Labute approximate surface area is 120 Å². The van der Waals surface area contributed by atoms with Crippen LogP contribution in [0.2, 0.25) is 0 Å². The number of carbonyl (C=O) groups is 1.